The van der Waals surface area contributed by atoms with E-state index in [9.17, 15) is 22.8 Å². The van der Waals surface area contributed by atoms with Crippen molar-refractivity contribution in [2.24, 2.45) is 0 Å². The summed E-state index contributed by atoms with van der Waals surface area (Å²) in [6.07, 6.45) is -0.615. The standard InChI is InChI=1S/C19H18F3N3O3/c20-12-5-6-14(19(22)18(12)21)24-17(27)11-16(26)23-13-3-1-2-4-15(13)25-7-9-28-10-8-25/h1-6H,7-11H2,(H,23,26)(H,24,27). The minimum atomic E-state index is -1.69. The van der Waals surface area contributed by atoms with Crippen molar-refractivity contribution in [2.75, 3.05) is 41.8 Å². The van der Waals surface area contributed by atoms with Gasteiger partial charge in [0.05, 0.1) is 30.3 Å². The van der Waals surface area contributed by atoms with Crippen molar-refractivity contribution in [3.05, 3.63) is 53.8 Å². The molecule has 0 radical (unpaired) electrons. The van der Waals surface area contributed by atoms with Crippen LogP contribution in [0.3, 0.4) is 0 Å². The smallest absolute Gasteiger partial charge is 0.233 e. The molecule has 0 aliphatic carbocycles. The lowest BCUT2D eigenvalue weighted by Crippen LogP contribution is -2.36. The molecule has 28 heavy (non-hydrogen) atoms. The molecule has 0 spiro atoms. The molecular formula is C19H18F3N3O3. The number of carbonyl (C=O) groups excluding carboxylic acids is 2. The van der Waals surface area contributed by atoms with Crippen molar-refractivity contribution in [3.8, 4) is 0 Å². The summed E-state index contributed by atoms with van der Waals surface area (Å²) in [5, 5.41) is 4.71. The highest BCUT2D eigenvalue weighted by Crippen LogP contribution is 2.26. The fourth-order valence-corrected chi connectivity index (χ4v) is 2.82. The molecule has 2 aromatic carbocycles. The molecule has 1 saturated heterocycles. The van der Waals surface area contributed by atoms with Gasteiger partial charge in [-0.25, -0.2) is 13.2 Å². The van der Waals surface area contributed by atoms with E-state index in [1.165, 1.54) is 0 Å². The van der Waals surface area contributed by atoms with Gasteiger partial charge in [0.2, 0.25) is 11.8 Å². The molecule has 0 unspecified atom stereocenters. The van der Waals surface area contributed by atoms with Crippen molar-refractivity contribution in [3.63, 3.8) is 0 Å². The molecule has 2 amide bonds. The van der Waals surface area contributed by atoms with Gasteiger partial charge in [0.25, 0.3) is 0 Å². The topological polar surface area (TPSA) is 70.7 Å². The first kappa shape index (κ1) is 19.7. The number of nitrogens with zero attached hydrogens (tertiary/aromatic N) is 1. The van der Waals surface area contributed by atoms with Crippen LogP contribution in [0.2, 0.25) is 0 Å². The van der Waals surface area contributed by atoms with Gasteiger partial charge in [0.1, 0.15) is 6.42 Å². The second-order valence-corrected chi connectivity index (χ2v) is 6.11. The number of ether oxygens (including phenoxy) is 1. The summed E-state index contributed by atoms with van der Waals surface area (Å²) in [6.45, 7) is 2.49. The van der Waals surface area contributed by atoms with Crippen molar-refractivity contribution in [1.82, 2.24) is 0 Å². The molecular weight excluding hydrogens is 375 g/mol. The number of anilines is 3. The first-order chi connectivity index (χ1) is 13.5. The third-order valence-electron chi connectivity index (χ3n) is 4.16. The van der Waals surface area contributed by atoms with Crippen LogP contribution in [-0.4, -0.2) is 38.1 Å². The van der Waals surface area contributed by atoms with E-state index in [1.54, 1.807) is 12.1 Å². The average Bonchev–Trinajstić information content (AvgIpc) is 2.69. The Bertz CT molecular complexity index is 886. The molecule has 1 aliphatic heterocycles. The third kappa shape index (κ3) is 4.61. The quantitative estimate of drug-likeness (QED) is 0.605. The minimum Gasteiger partial charge on any atom is -0.378 e. The van der Waals surface area contributed by atoms with Gasteiger partial charge >= 0.3 is 0 Å². The van der Waals surface area contributed by atoms with E-state index in [-0.39, 0.29) is 0 Å². The highest BCUT2D eigenvalue weighted by molar-refractivity contribution is 6.09. The summed E-state index contributed by atoms with van der Waals surface area (Å²) in [5.41, 5.74) is 0.790. The van der Waals surface area contributed by atoms with Gasteiger partial charge in [-0.05, 0) is 24.3 Å². The molecule has 0 bridgehead atoms. The molecule has 3 rings (SSSR count). The number of carbonyl (C=O) groups is 2. The summed E-state index contributed by atoms with van der Waals surface area (Å²) >= 11 is 0. The Hall–Kier alpha value is -3.07. The van der Waals surface area contributed by atoms with Crippen LogP contribution in [0.1, 0.15) is 6.42 Å². The van der Waals surface area contributed by atoms with Gasteiger partial charge in [-0.3, -0.25) is 9.59 Å². The molecule has 0 aromatic heterocycles. The normalized spacial score (nSPS) is 13.9. The van der Waals surface area contributed by atoms with Gasteiger partial charge in [-0.15, -0.1) is 0 Å². The molecule has 1 fully saturated rings. The van der Waals surface area contributed by atoms with Gasteiger partial charge in [0, 0.05) is 13.1 Å². The molecule has 2 N–H and O–H groups in total. The van der Waals surface area contributed by atoms with E-state index in [2.05, 4.69) is 15.5 Å². The van der Waals surface area contributed by atoms with Crippen LogP contribution in [0.5, 0.6) is 0 Å². The monoisotopic (exact) mass is 393 g/mol. The van der Waals surface area contributed by atoms with Crippen LogP contribution in [0.15, 0.2) is 36.4 Å². The zero-order valence-electron chi connectivity index (χ0n) is 14.8. The number of hydrogen-bond acceptors (Lipinski definition) is 4. The van der Waals surface area contributed by atoms with Crippen LogP contribution in [-0.2, 0) is 14.3 Å². The number of rotatable bonds is 5. The lowest BCUT2D eigenvalue weighted by molar-refractivity contribution is -0.123. The first-order valence-corrected chi connectivity index (χ1v) is 8.60. The first-order valence-electron chi connectivity index (χ1n) is 8.60. The highest BCUT2D eigenvalue weighted by atomic mass is 19.2. The predicted octanol–water partition coefficient (Wildman–Crippen LogP) is 2.91. The van der Waals surface area contributed by atoms with Crippen LogP contribution in [0.25, 0.3) is 0 Å². The molecule has 2 aromatic rings. The molecule has 148 valence electrons. The Labute approximate surface area is 159 Å². The molecule has 6 nitrogen and oxygen atoms in total. The van der Waals surface area contributed by atoms with Gasteiger partial charge in [-0.1, -0.05) is 12.1 Å². The van der Waals surface area contributed by atoms with Crippen molar-refractivity contribution in [1.29, 1.82) is 0 Å². The Balaban J connectivity index is 1.63. The summed E-state index contributed by atoms with van der Waals surface area (Å²) in [7, 11) is 0. The third-order valence-corrected chi connectivity index (χ3v) is 4.16. The summed E-state index contributed by atoms with van der Waals surface area (Å²) in [4.78, 5) is 26.2. The molecule has 1 heterocycles. The number of nitrogens with one attached hydrogen (secondary N) is 2. The number of hydrogen-bond donors (Lipinski definition) is 2. The highest BCUT2D eigenvalue weighted by Gasteiger charge is 2.19. The zero-order valence-corrected chi connectivity index (χ0v) is 14.8. The average molecular weight is 393 g/mol. The summed E-state index contributed by atoms with van der Waals surface area (Å²) < 4.78 is 45.1. The van der Waals surface area contributed by atoms with E-state index < -0.39 is 41.4 Å². The number of para-hydroxylation sites is 2. The number of benzene rings is 2. The molecule has 9 heteroatoms. The fraction of sp³-hybridized carbons (Fsp3) is 0.263. The fourth-order valence-electron chi connectivity index (χ4n) is 2.82. The van der Waals surface area contributed by atoms with E-state index >= 15 is 0 Å². The molecule has 0 saturated carbocycles. The maximum atomic E-state index is 13.6. The van der Waals surface area contributed by atoms with Gasteiger partial charge in [-0.2, -0.15) is 0 Å². The largest absolute Gasteiger partial charge is 0.378 e. The van der Waals surface area contributed by atoms with Crippen LogP contribution in [0.4, 0.5) is 30.2 Å². The maximum absolute atomic E-state index is 13.6. The number of morpholine rings is 1. The number of halogens is 3. The number of amides is 2. The molecule has 1 aliphatic rings. The van der Waals surface area contributed by atoms with E-state index in [0.717, 1.165) is 11.8 Å². The van der Waals surface area contributed by atoms with Crippen molar-refractivity contribution < 1.29 is 27.5 Å². The second-order valence-electron chi connectivity index (χ2n) is 6.11. The minimum absolute atomic E-state index is 0.529. The van der Waals surface area contributed by atoms with E-state index in [1.807, 2.05) is 12.1 Å². The SMILES string of the molecule is O=C(CC(=O)Nc1ccc(F)c(F)c1F)Nc1ccccc1N1CCOCC1. The predicted molar refractivity (Wildman–Crippen MR) is 97.7 cm³/mol. The lowest BCUT2D eigenvalue weighted by Gasteiger charge is -2.30. The van der Waals surface area contributed by atoms with Crippen LogP contribution in [0, 0.1) is 17.5 Å². The second kappa shape index (κ2) is 8.75. The Morgan fingerprint density at radius 2 is 1.54 bits per heavy atom. The maximum Gasteiger partial charge on any atom is 0.233 e. The van der Waals surface area contributed by atoms with Crippen LogP contribution < -0.4 is 15.5 Å². The summed E-state index contributed by atoms with van der Waals surface area (Å²) in [5.74, 6) is -6.06. The Morgan fingerprint density at radius 3 is 2.25 bits per heavy atom. The van der Waals surface area contributed by atoms with Gasteiger partial charge < -0.3 is 20.3 Å². The Morgan fingerprint density at radius 1 is 0.893 bits per heavy atom. The zero-order chi connectivity index (χ0) is 20.1. The lowest BCUT2D eigenvalue weighted by atomic mass is 10.2. The van der Waals surface area contributed by atoms with Crippen molar-refractivity contribution >= 4 is 28.9 Å². The molecule has 0 atom stereocenters. The van der Waals surface area contributed by atoms with E-state index in [0.29, 0.717) is 38.1 Å². The van der Waals surface area contributed by atoms with E-state index in [4.69, 9.17) is 4.74 Å². The van der Waals surface area contributed by atoms with Crippen molar-refractivity contribution in [2.45, 2.75) is 6.42 Å². The summed E-state index contributed by atoms with van der Waals surface area (Å²) in [6, 6.07) is 8.70. The van der Waals surface area contributed by atoms with Gasteiger partial charge in [0.15, 0.2) is 17.5 Å². The Kier molecular flexibility index (Phi) is 6.15. The van der Waals surface area contributed by atoms with Crippen LogP contribution >= 0.6 is 0 Å².